The molecule has 2 heterocycles. The third kappa shape index (κ3) is 6.20. The minimum Gasteiger partial charge on any atom is -0.457 e. The maximum absolute atomic E-state index is 6.63. The van der Waals surface area contributed by atoms with Gasteiger partial charge in [-0.05, 0) is 139 Å². The number of fused-ring (bicyclic) bond motifs is 18. The van der Waals surface area contributed by atoms with E-state index >= 15 is 0 Å². The number of benzene rings is 12. The van der Waals surface area contributed by atoms with E-state index in [1.54, 1.807) is 0 Å². The van der Waals surface area contributed by atoms with Gasteiger partial charge in [0.2, 0.25) is 0 Å². The van der Waals surface area contributed by atoms with Crippen molar-refractivity contribution in [2.75, 3.05) is 4.90 Å². The third-order valence-corrected chi connectivity index (χ3v) is 16.8. The van der Waals surface area contributed by atoms with Crippen molar-refractivity contribution in [3.63, 3.8) is 0 Å². The molecule has 0 aromatic heterocycles. The molecule has 4 aliphatic rings. The third-order valence-electron chi connectivity index (χ3n) is 16.8. The molecule has 0 saturated heterocycles. The van der Waals surface area contributed by atoms with Gasteiger partial charge in [0.1, 0.15) is 23.0 Å². The van der Waals surface area contributed by atoms with Gasteiger partial charge in [-0.1, -0.05) is 218 Å². The summed E-state index contributed by atoms with van der Waals surface area (Å²) in [6.45, 7) is 0. The molecule has 0 N–H and O–H groups in total. The molecule has 12 aromatic carbocycles. The molecular weight excluding hydrogens is 935 g/mol. The summed E-state index contributed by atoms with van der Waals surface area (Å²) < 4.78 is 13.3. The summed E-state index contributed by atoms with van der Waals surface area (Å²) in [6, 6.07) is 104. The molecular formula is C74H47NO2. The first-order chi connectivity index (χ1) is 38.2. The molecule has 0 bridgehead atoms. The fourth-order valence-electron chi connectivity index (χ4n) is 13.7. The van der Waals surface area contributed by atoms with Gasteiger partial charge >= 0.3 is 0 Å². The van der Waals surface area contributed by atoms with Crippen molar-refractivity contribution in [1.82, 2.24) is 0 Å². The highest BCUT2D eigenvalue weighted by atomic mass is 16.5. The Hall–Kier alpha value is -9.96. The normalized spacial score (nSPS) is 13.9. The van der Waals surface area contributed by atoms with Gasteiger partial charge in [0, 0.05) is 39.2 Å². The average Bonchev–Trinajstić information content (AvgIpc) is 4.14. The second-order valence-corrected chi connectivity index (χ2v) is 20.6. The Morgan fingerprint density at radius 3 is 1.01 bits per heavy atom. The fraction of sp³-hybridized carbons (Fsp3) is 0.0270. The van der Waals surface area contributed by atoms with Crippen LogP contribution >= 0.6 is 0 Å². The van der Waals surface area contributed by atoms with Crippen LogP contribution in [0.1, 0.15) is 44.5 Å². The van der Waals surface area contributed by atoms with Crippen LogP contribution in [-0.2, 0) is 10.8 Å². The summed E-state index contributed by atoms with van der Waals surface area (Å²) in [5, 5.41) is 0. The minimum atomic E-state index is -0.522. The first-order valence-corrected chi connectivity index (χ1v) is 26.6. The summed E-state index contributed by atoms with van der Waals surface area (Å²) >= 11 is 0. The molecule has 3 heteroatoms. The molecule has 0 saturated carbocycles. The van der Waals surface area contributed by atoms with Crippen molar-refractivity contribution >= 4 is 17.1 Å². The number of ether oxygens (including phenoxy) is 2. The molecule has 16 rings (SSSR count). The molecule has 2 spiro atoms. The minimum absolute atomic E-state index is 0.522. The smallest absolute Gasteiger partial charge is 0.132 e. The van der Waals surface area contributed by atoms with Crippen LogP contribution in [0.3, 0.4) is 0 Å². The van der Waals surface area contributed by atoms with Crippen LogP contribution in [-0.4, -0.2) is 0 Å². The molecule has 0 amide bonds. The summed E-state index contributed by atoms with van der Waals surface area (Å²) in [4.78, 5) is 2.44. The quantitative estimate of drug-likeness (QED) is 0.166. The van der Waals surface area contributed by atoms with Crippen molar-refractivity contribution in [1.29, 1.82) is 0 Å². The van der Waals surface area contributed by atoms with Gasteiger partial charge < -0.3 is 14.4 Å². The van der Waals surface area contributed by atoms with E-state index in [9.17, 15) is 0 Å². The molecule has 0 atom stereocenters. The lowest BCUT2D eigenvalue weighted by Crippen LogP contribution is -2.32. The van der Waals surface area contributed by atoms with Crippen LogP contribution in [0.5, 0.6) is 23.0 Å². The van der Waals surface area contributed by atoms with Crippen LogP contribution < -0.4 is 14.4 Å². The Kier molecular flexibility index (Phi) is 9.47. The lowest BCUT2D eigenvalue weighted by molar-refractivity contribution is 0.436. The largest absolute Gasteiger partial charge is 0.457 e. The predicted octanol–water partition coefficient (Wildman–Crippen LogP) is 19.1. The Morgan fingerprint density at radius 1 is 0.221 bits per heavy atom. The van der Waals surface area contributed by atoms with Gasteiger partial charge in [-0.25, -0.2) is 0 Å². The van der Waals surface area contributed by atoms with Crippen molar-refractivity contribution in [3.05, 3.63) is 330 Å². The van der Waals surface area contributed by atoms with Crippen molar-refractivity contribution in [2.45, 2.75) is 10.8 Å². The number of anilines is 3. The van der Waals surface area contributed by atoms with E-state index < -0.39 is 10.8 Å². The van der Waals surface area contributed by atoms with Crippen molar-refractivity contribution in [3.8, 4) is 78.6 Å². The predicted molar refractivity (Wildman–Crippen MR) is 312 cm³/mol. The highest BCUT2D eigenvalue weighted by molar-refractivity contribution is 5.95. The summed E-state index contributed by atoms with van der Waals surface area (Å²) in [5.41, 5.74) is 23.8. The molecule has 0 unspecified atom stereocenters. The molecule has 2 aliphatic heterocycles. The Labute approximate surface area is 448 Å². The molecule has 360 valence electrons. The van der Waals surface area contributed by atoms with Crippen molar-refractivity contribution < 1.29 is 9.47 Å². The molecule has 3 nitrogen and oxygen atoms in total. The van der Waals surface area contributed by atoms with Gasteiger partial charge in [0.15, 0.2) is 0 Å². The molecule has 0 radical (unpaired) electrons. The number of hydrogen-bond acceptors (Lipinski definition) is 3. The standard InChI is InChI=1S/C74H47NO2/c1-2-20-48(21-3-1)55-26-6-13-35-68(55)75(53-24-18-22-49(44-53)51-40-42-62-58(46-51)56-27-4-7-29-60(56)73(62)64-31-9-14-36-69(64)76-70-37-15-10-32-65(70)73)54-25-19-23-50(45-54)52-41-43-63-59(47-52)57-28-5-8-30-61(57)74(63)66-33-11-16-38-71(66)77-72-39-17-12-34-67(72)74/h1-47H. The van der Waals surface area contributed by atoms with Crippen molar-refractivity contribution in [2.24, 2.45) is 0 Å². The van der Waals surface area contributed by atoms with Gasteiger partial charge in [-0.3, -0.25) is 0 Å². The van der Waals surface area contributed by atoms with E-state index in [2.05, 4.69) is 290 Å². The molecule has 2 aliphatic carbocycles. The van der Waals surface area contributed by atoms with E-state index in [1.165, 1.54) is 66.8 Å². The van der Waals surface area contributed by atoms with E-state index in [1.807, 2.05) is 0 Å². The lowest BCUT2D eigenvalue weighted by Gasteiger charge is -2.39. The van der Waals surface area contributed by atoms with Crippen LogP contribution in [0.2, 0.25) is 0 Å². The molecule has 12 aromatic rings. The Bertz CT molecular complexity index is 4050. The van der Waals surface area contributed by atoms with Gasteiger partial charge in [0.05, 0.1) is 16.5 Å². The number of rotatable bonds is 6. The SMILES string of the molecule is c1ccc(-c2ccccc2N(c2cccc(-c3ccc4c(c3)-c3ccccc3C43c4ccccc4Oc4ccccc43)c2)c2cccc(-c3ccc4c(c3)-c3ccccc3C43c4ccccc4Oc4ccccc43)c2)cc1. The first-order valence-electron chi connectivity index (χ1n) is 26.6. The number of para-hydroxylation sites is 5. The zero-order chi connectivity index (χ0) is 50.7. The maximum Gasteiger partial charge on any atom is 0.132 e. The number of nitrogens with zero attached hydrogens (tertiary/aromatic N) is 1. The van der Waals surface area contributed by atoms with Gasteiger partial charge in [-0.2, -0.15) is 0 Å². The van der Waals surface area contributed by atoms with E-state index in [4.69, 9.17) is 9.47 Å². The second kappa shape index (κ2) is 16.8. The van der Waals surface area contributed by atoms with E-state index in [0.29, 0.717) is 0 Å². The van der Waals surface area contributed by atoms with Gasteiger partial charge in [0.25, 0.3) is 0 Å². The lowest BCUT2D eigenvalue weighted by atomic mass is 9.66. The average molecular weight is 982 g/mol. The number of hydrogen-bond donors (Lipinski definition) is 0. The van der Waals surface area contributed by atoms with Crippen LogP contribution in [0.25, 0.3) is 55.6 Å². The van der Waals surface area contributed by atoms with Gasteiger partial charge in [-0.15, -0.1) is 0 Å². The zero-order valence-electron chi connectivity index (χ0n) is 41.9. The molecule has 0 fully saturated rings. The van der Waals surface area contributed by atoms with E-state index in [0.717, 1.165) is 73.4 Å². The van der Waals surface area contributed by atoms with Crippen LogP contribution in [0.15, 0.2) is 285 Å². The summed E-state index contributed by atoms with van der Waals surface area (Å²) in [6.07, 6.45) is 0. The Balaban J connectivity index is 0.848. The topological polar surface area (TPSA) is 21.7 Å². The van der Waals surface area contributed by atoms with Crippen LogP contribution in [0.4, 0.5) is 17.1 Å². The maximum atomic E-state index is 6.63. The highest BCUT2D eigenvalue weighted by Gasteiger charge is 2.52. The highest BCUT2D eigenvalue weighted by Crippen LogP contribution is 2.64. The molecule has 77 heavy (non-hydrogen) atoms. The summed E-state index contributed by atoms with van der Waals surface area (Å²) in [5.74, 6) is 3.58. The van der Waals surface area contributed by atoms with E-state index in [-0.39, 0.29) is 0 Å². The second-order valence-electron chi connectivity index (χ2n) is 20.6. The van der Waals surface area contributed by atoms with Crippen LogP contribution in [0, 0.1) is 0 Å². The fourth-order valence-corrected chi connectivity index (χ4v) is 13.7. The Morgan fingerprint density at radius 2 is 0.558 bits per heavy atom. The summed E-state index contributed by atoms with van der Waals surface area (Å²) in [7, 11) is 0. The zero-order valence-corrected chi connectivity index (χ0v) is 41.9. The first kappa shape index (κ1) is 43.4. The monoisotopic (exact) mass is 981 g/mol.